The van der Waals surface area contributed by atoms with Gasteiger partial charge < -0.3 is 14.6 Å². The van der Waals surface area contributed by atoms with E-state index in [9.17, 15) is 0 Å². The van der Waals surface area contributed by atoms with Crippen LogP contribution in [-0.4, -0.2) is 30.3 Å². The first-order valence-electron chi connectivity index (χ1n) is 6.64. The van der Waals surface area contributed by atoms with Crippen LogP contribution in [0.4, 0.5) is 0 Å². The number of hydrogen-bond acceptors (Lipinski definition) is 5. The molecule has 1 aromatic heterocycles. The lowest BCUT2D eigenvalue weighted by molar-refractivity contribution is 0.400. The molecule has 2 rings (SSSR count). The first kappa shape index (κ1) is 18.7. The number of nitrogens with zero attached hydrogens (tertiary/aromatic N) is 2. The summed E-state index contributed by atoms with van der Waals surface area (Å²) in [7, 11) is 3.55. The third kappa shape index (κ3) is 5.12. The molecule has 5 nitrogen and oxygen atoms in total. The van der Waals surface area contributed by atoms with Gasteiger partial charge in [0.2, 0.25) is 0 Å². The number of nitrogens with one attached hydrogen (secondary N) is 1. The first-order chi connectivity index (χ1) is 10.1. The lowest BCUT2D eigenvalue weighted by atomic mass is 10.2. The molecule has 1 unspecified atom stereocenters. The van der Waals surface area contributed by atoms with Crippen LogP contribution in [-0.2, 0) is 6.42 Å². The zero-order chi connectivity index (χ0) is 15.2. The fraction of sp³-hybridized carbons (Fsp3) is 0.333. The first-order valence-corrected chi connectivity index (χ1v) is 7.43. The number of likely N-dealkylation sites (N-methyl/N-ethyl adjacent to an activating group) is 1. The minimum absolute atomic E-state index is 0. The van der Waals surface area contributed by atoms with E-state index in [1.165, 1.54) is 0 Å². The predicted molar refractivity (Wildman–Crippen MR) is 93.4 cm³/mol. The highest BCUT2D eigenvalue weighted by atomic mass is 79.9. The molecule has 0 spiro atoms. The van der Waals surface area contributed by atoms with Crippen molar-refractivity contribution in [2.45, 2.75) is 19.4 Å². The van der Waals surface area contributed by atoms with Crippen molar-refractivity contribution in [1.29, 1.82) is 0 Å². The smallest absolute Gasteiger partial charge is 0.250 e. The second-order valence-corrected chi connectivity index (χ2v) is 5.58. The van der Waals surface area contributed by atoms with Gasteiger partial charge in [0, 0.05) is 28.6 Å². The average Bonchev–Trinajstić information content (AvgIpc) is 2.92. The van der Waals surface area contributed by atoms with Gasteiger partial charge in [0.1, 0.15) is 5.75 Å². The molecular weight excluding hydrogens is 370 g/mol. The van der Waals surface area contributed by atoms with Crippen molar-refractivity contribution in [2.24, 2.45) is 0 Å². The van der Waals surface area contributed by atoms with Crippen molar-refractivity contribution in [3.8, 4) is 5.75 Å². The van der Waals surface area contributed by atoms with Crippen LogP contribution in [0.25, 0.3) is 12.2 Å². The van der Waals surface area contributed by atoms with Crippen molar-refractivity contribution in [1.82, 2.24) is 15.5 Å². The van der Waals surface area contributed by atoms with Gasteiger partial charge in [-0.2, -0.15) is 4.98 Å². The van der Waals surface area contributed by atoms with E-state index in [1.54, 1.807) is 13.2 Å². The van der Waals surface area contributed by atoms with E-state index in [4.69, 9.17) is 9.26 Å². The minimum Gasteiger partial charge on any atom is -0.496 e. The van der Waals surface area contributed by atoms with Crippen LogP contribution in [0, 0.1) is 0 Å². The molecule has 0 aliphatic heterocycles. The van der Waals surface area contributed by atoms with Crippen LogP contribution in [0.15, 0.2) is 27.2 Å². The van der Waals surface area contributed by atoms with Gasteiger partial charge >= 0.3 is 0 Å². The second-order valence-electron chi connectivity index (χ2n) is 4.66. The molecule has 0 bridgehead atoms. The van der Waals surface area contributed by atoms with E-state index in [1.807, 2.05) is 31.3 Å². The monoisotopic (exact) mass is 387 g/mol. The topological polar surface area (TPSA) is 60.2 Å². The molecule has 1 N–H and O–H groups in total. The molecule has 0 radical (unpaired) electrons. The van der Waals surface area contributed by atoms with Gasteiger partial charge in [-0.3, -0.25) is 0 Å². The number of ether oxygens (including phenoxy) is 1. The van der Waals surface area contributed by atoms with Gasteiger partial charge in [-0.1, -0.05) is 21.1 Å². The largest absolute Gasteiger partial charge is 0.496 e. The Morgan fingerprint density at radius 2 is 2.18 bits per heavy atom. The van der Waals surface area contributed by atoms with Gasteiger partial charge in [0.15, 0.2) is 5.82 Å². The molecule has 1 atom stereocenters. The Hall–Kier alpha value is -1.37. The van der Waals surface area contributed by atoms with Crippen LogP contribution >= 0.6 is 28.3 Å². The Bertz CT molecular complexity index is 631. The molecule has 0 saturated heterocycles. The maximum absolute atomic E-state index is 5.31. The molecule has 0 aliphatic rings. The Morgan fingerprint density at radius 3 is 2.86 bits per heavy atom. The Labute approximate surface area is 144 Å². The van der Waals surface area contributed by atoms with Gasteiger partial charge in [0.05, 0.1) is 7.11 Å². The predicted octanol–water partition coefficient (Wildman–Crippen LogP) is 3.58. The van der Waals surface area contributed by atoms with Crippen molar-refractivity contribution < 1.29 is 9.26 Å². The zero-order valence-corrected chi connectivity index (χ0v) is 15.1. The third-order valence-corrected chi connectivity index (χ3v) is 3.56. The Morgan fingerprint density at radius 1 is 1.41 bits per heavy atom. The number of benzene rings is 1. The molecule has 0 amide bonds. The molecular formula is C15H19BrClN3O2. The van der Waals surface area contributed by atoms with E-state index in [0.717, 1.165) is 22.2 Å². The van der Waals surface area contributed by atoms with Crippen molar-refractivity contribution in [2.75, 3.05) is 14.2 Å². The summed E-state index contributed by atoms with van der Waals surface area (Å²) in [5, 5.41) is 7.10. The fourth-order valence-electron chi connectivity index (χ4n) is 1.79. The second kappa shape index (κ2) is 8.92. The van der Waals surface area contributed by atoms with E-state index < -0.39 is 0 Å². The van der Waals surface area contributed by atoms with Crippen LogP contribution in [0.2, 0.25) is 0 Å². The molecule has 2 aromatic rings. The van der Waals surface area contributed by atoms with Gasteiger partial charge in [0.25, 0.3) is 5.89 Å². The lowest BCUT2D eigenvalue weighted by Gasteiger charge is -2.04. The van der Waals surface area contributed by atoms with Gasteiger partial charge in [-0.25, -0.2) is 0 Å². The number of aromatic nitrogens is 2. The normalized spacial score (nSPS) is 12.2. The number of rotatable bonds is 6. The van der Waals surface area contributed by atoms with Crippen LogP contribution < -0.4 is 10.1 Å². The van der Waals surface area contributed by atoms with E-state index in [0.29, 0.717) is 17.8 Å². The molecule has 0 aliphatic carbocycles. The van der Waals surface area contributed by atoms with Crippen LogP contribution in [0.3, 0.4) is 0 Å². The highest BCUT2D eigenvalue weighted by Crippen LogP contribution is 2.24. The van der Waals surface area contributed by atoms with Crippen molar-refractivity contribution in [3.63, 3.8) is 0 Å². The molecule has 1 aromatic carbocycles. The molecule has 0 saturated carbocycles. The Kier molecular flexibility index (Phi) is 7.58. The van der Waals surface area contributed by atoms with Crippen LogP contribution in [0.5, 0.6) is 5.75 Å². The maximum atomic E-state index is 5.31. The molecule has 7 heteroatoms. The van der Waals surface area contributed by atoms with Crippen LogP contribution in [0.1, 0.15) is 24.2 Å². The van der Waals surface area contributed by atoms with Crippen molar-refractivity contribution in [3.05, 3.63) is 40.0 Å². The fourth-order valence-corrected chi connectivity index (χ4v) is 2.17. The summed E-state index contributed by atoms with van der Waals surface area (Å²) in [5.74, 6) is 1.96. The highest BCUT2D eigenvalue weighted by Gasteiger charge is 2.08. The summed E-state index contributed by atoms with van der Waals surface area (Å²) in [6, 6.07) is 6.11. The summed E-state index contributed by atoms with van der Waals surface area (Å²) < 4.78 is 11.5. The SMILES string of the molecule is CNC(C)Cc1noc(/C=C/c2cc(Br)ccc2OC)n1.Cl. The quantitative estimate of drug-likeness (QED) is 0.819. The van der Waals surface area contributed by atoms with E-state index in [2.05, 4.69) is 38.3 Å². The lowest BCUT2D eigenvalue weighted by Crippen LogP contribution is -2.24. The summed E-state index contributed by atoms with van der Waals surface area (Å²) in [5.41, 5.74) is 0.940. The standard InChI is InChI=1S/C15H18BrN3O2.ClH/c1-10(17-2)8-14-18-15(21-19-14)7-4-11-9-12(16)5-6-13(11)20-3;/h4-7,9-10,17H,8H2,1-3H3;1H/b7-4+;. The number of hydrogen-bond donors (Lipinski definition) is 1. The average molecular weight is 389 g/mol. The third-order valence-electron chi connectivity index (χ3n) is 3.06. The molecule has 22 heavy (non-hydrogen) atoms. The molecule has 0 fully saturated rings. The Balaban J connectivity index is 0.00000242. The highest BCUT2D eigenvalue weighted by molar-refractivity contribution is 9.10. The summed E-state index contributed by atoms with van der Waals surface area (Å²) in [6.45, 7) is 2.07. The number of halogens is 2. The summed E-state index contributed by atoms with van der Waals surface area (Å²) in [6.07, 6.45) is 4.40. The van der Waals surface area contributed by atoms with E-state index >= 15 is 0 Å². The molecule has 120 valence electrons. The van der Waals surface area contributed by atoms with E-state index in [-0.39, 0.29) is 12.4 Å². The van der Waals surface area contributed by atoms with Crippen molar-refractivity contribution >= 4 is 40.5 Å². The summed E-state index contributed by atoms with van der Waals surface area (Å²) >= 11 is 3.44. The minimum atomic E-state index is 0. The van der Waals surface area contributed by atoms with Gasteiger partial charge in [-0.05, 0) is 38.2 Å². The number of methoxy groups -OCH3 is 1. The molecule has 1 heterocycles. The zero-order valence-electron chi connectivity index (χ0n) is 12.7. The maximum Gasteiger partial charge on any atom is 0.250 e. The van der Waals surface area contributed by atoms with Gasteiger partial charge in [-0.15, -0.1) is 12.4 Å². The summed E-state index contributed by atoms with van der Waals surface area (Å²) in [4.78, 5) is 4.33.